The van der Waals surface area contributed by atoms with Gasteiger partial charge in [0.25, 0.3) is 5.91 Å². The van der Waals surface area contributed by atoms with Gasteiger partial charge in [0, 0.05) is 11.6 Å². The number of carbonyl (C=O) groups excluding carboxylic acids is 1. The number of carbonyl (C=O) groups is 1. The van der Waals surface area contributed by atoms with Crippen LogP contribution in [0, 0.1) is 0 Å². The van der Waals surface area contributed by atoms with Crippen molar-refractivity contribution in [2.75, 3.05) is 0 Å². The van der Waals surface area contributed by atoms with E-state index in [-0.39, 0.29) is 5.76 Å². The summed E-state index contributed by atoms with van der Waals surface area (Å²) in [4.78, 5) is 24.2. The first-order chi connectivity index (χ1) is 12.3. The van der Waals surface area contributed by atoms with E-state index in [1.165, 1.54) is 6.07 Å². The molecule has 3 rings (SSSR count). The molecule has 1 heterocycles. The first kappa shape index (κ1) is 17.7. The second-order valence-corrected chi connectivity index (χ2v) is 7.18. The lowest BCUT2D eigenvalue weighted by Crippen LogP contribution is -2.40. The highest BCUT2D eigenvalue weighted by Gasteiger charge is 2.18. The Hall–Kier alpha value is -3.14. The van der Waals surface area contributed by atoms with Gasteiger partial charge in [-0.2, -0.15) is 0 Å². The van der Waals surface area contributed by atoms with Crippen LogP contribution < -0.4 is 10.9 Å². The van der Waals surface area contributed by atoms with E-state index in [4.69, 9.17) is 4.42 Å². The molecule has 0 spiro atoms. The van der Waals surface area contributed by atoms with Gasteiger partial charge in [-0.15, -0.1) is 0 Å². The number of benzene rings is 2. The second kappa shape index (κ2) is 7.00. The van der Waals surface area contributed by atoms with Gasteiger partial charge in [0.1, 0.15) is 0 Å². The third kappa shape index (κ3) is 4.28. The highest BCUT2D eigenvalue weighted by Crippen LogP contribution is 2.24. The summed E-state index contributed by atoms with van der Waals surface area (Å²) in [5.41, 5.74) is 2.75. The number of hydrogen-bond donors (Lipinski definition) is 1. The average molecular weight is 347 g/mol. The zero-order valence-electron chi connectivity index (χ0n) is 15.1. The van der Waals surface area contributed by atoms with Crippen molar-refractivity contribution in [2.45, 2.75) is 26.3 Å². The van der Waals surface area contributed by atoms with Crippen LogP contribution in [0.3, 0.4) is 0 Å². The third-order valence-electron chi connectivity index (χ3n) is 3.81. The smallest absolute Gasteiger partial charge is 0.336 e. The normalized spacial score (nSPS) is 11.2. The van der Waals surface area contributed by atoms with Gasteiger partial charge in [-0.05, 0) is 49.1 Å². The molecule has 26 heavy (non-hydrogen) atoms. The van der Waals surface area contributed by atoms with Crippen molar-refractivity contribution in [2.24, 2.45) is 0 Å². The molecule has 132 valence electrons. The molecule has 1 aromatic heterocycles. The molecular weight excluding hydrogens is 326 g/mol. The van der Waals surface area contributed by atoms with E-state index >= 15 is 0 Å². The monoisotopic (exact) mass is 347 g/mol. The molecule has 3 aromatic rings. The van der Waals surface area contributed by atoms with Crippen molar-refractivity contribution in [3.05, 3.63) is 82.9 Å². The fourth-order valence-corrected chi connectivity index (χ4v) is 2.64. The zero-order valence-corrected chi connectivity index (χ0v) is 15.1. The fraction of sp³-hybridized carbons (Fsp3) is 0.182. The number of nitrogens with one attached hydrogen (secondary N) is 1. The van der Waals surface area contributed by atoms with Crippen molar-refractivity contribution in [1.29, 1.82) is 0 Å². The Kier molecular flexibility index (Phi) is 4.76. The Balaban J connectivity index is 1.92. The molecule has 0 atom stereocenters. The van der Waals surface area contributed by atoms with Gasteiger partial charge in [-0.3, -0.25) is 4.79 Å². The largest absolute Gasteiger partial charge is 0.417 e. The van der Waals surface area contributed by atoms with E-state index < -0.39 is 17.1 Å². The molecule has 0 aliphatic rings. The minimum absolute atomic E-state index is 0.00885. The summed E-state index contributed by atoms with van der Waals surface area (Å²) in [5.74, 6) is -0.396. The molecule has 2 aromatic carbocycles. The Labute approximate surface area is 152 Å². The quantitative estimate of drug-likeness (QED) is 0.759. The van der Waals surface area contributed by atoms with Crippen LogP contribution in [-0.4, -0.2) is 11.4 Å². The lowest BCUT2D eigenvalue weighted by Gasteiger charge is -2.19. The maximum absolute atomic E-state index is 12.3. The summed E-state index contributed by atoms with van der Waals surface area (Å²) in [6.07, 6.45) is 0. The van der Waals surface area contributed by atoms with Crippen LogP contribution in [0.25, 0.3) is 22.3 Å². The fourth-order valence-electron chi connectivity index (χ4n) is 2.64. The van der Waals surface area contributed by atoms with Crippen LogP contribution in [0.4, 0.5) is 0 Å². The molecule has 0 saturated carbocycles. The van der Waals surface area contributed by atoms with E-state index in [0.717, 1.165) is 16.7 Å². The minimum atomic E-state index is -0.548. The van der Waals surface area contributed by atoms with Crippen molar-refractivity contribution < 1.29 is 9.21 Å². The Bertz CT molecular complexity index is 965. The number of amides is 1. The van der Waals surface area contributed by atoms with E-state index in [9.17, 15) is 9.59 Å². The molecule has 0 radical (unpaired) electrons. The summed E-state index contributed by atoms with van der Waals surface area (Å²) in [7, 11) is 0. The SMILES string of the molecule is CC(C)(C)NC(=O)c1cc(-c2ccc(-c3ccccc3)cc2)cc(=O)o1. The maximum Gasteiger partial charge on any atom is 0.336 e. The Morgan fingerprint density at radius 3 is 1.92 bits per heavy atom. The first-order valence-corrected chi connectivity index (χ1v) is 8.45. The second-order valence-electron chi connectivity index (χ2n) is 7.18. The van der Waals surface area contributed by atoms with Gasteiger partial charge in [0.05, 0.1) is 0 Å². The van der Waals surface area contributed by atoms with E-state index in [1.807, 2.05) is 75.4 Å². The average Bonchev–Trinajstić information content (AvgIpc) is 2.61. The van der Waals surface area contributed by atoms with Crippen LogP contribution >= 0.6 is 0 Å². The standard InChI is InChI=1S/C22H21NO3/c1-22(2,3)23-21(25)19-13-18(14-20(24)26-19)17-11-9-16(10-12-17)15-7-5-4-6-8-15/h4-14H,1-3H3,(H,23,25). The van der Waals surface area contributed by atoms with Gasteiger partial charge in [-0.25, -0.2) is 4.79 Å². The molecule has 4 heteroatoms. The Morgan fingerprint density at radius 1 is 0.808 bits per heavy atom. The maximum atomic E-state index is 12.3. The molecular formula is C22H21NO3. The predicted octanol–water partition coefficient (Wildman–Crippen LogP) is 4.50. The molecule has 4 nitrogen and oxygen atoms in total. The highest BCUT2D eigenvalue weighted by atomic mass is 16.4. The highest BCUT2D eigenvalue weighted by molar-refractivity contribution is 5.93. The third-order valence-corrected chi connectivity index (χ3v) is 3.81. The summed E-state index contributed by atoms with van der Waals surface area (Å²) in [6, 6.07) is 20.9. The lowest BCUT2D eigenvalue weighted by molar-refractivity contribution is 0.0886. The summed E-state index contributed by atoms with van der Waals surface area (Å²) in [5, 5.41) is 2.80. The van der Waals surface area contributed by atoms with Crippen LogP contribution in [0.2, 0.25) is 0 Å². The minimum Gasteiger partial charge on any atom is -0.417 e. The van der Waals surface area contributed by atoms with Gasteiger partial charge in [0.15, 0.2) is 5.76 Å². The van der Waals surface area contributed by atoms with Crippen molar-refractivity contribution >= 4 is 5.91 Å². The molecule has 1 amide bonds. The van der Waals surface area contributed by atoms with Gasteiger partial charge in [-0.1, -0.05) is 54.6 Å². The topological polar surface area (TPSA) is 59.3 Å². The predicted molar refractivity (Wildman–Crippen MR) is 103 cm³/mol. The van der Waals surface area contributed by atoms with Crippen LogP contribution in [0.1, 0.15) is 31.3 Å². The molecule has 0 aliphatic heterocycles. The molecule has 0 fully saturated rings. The number of hydrogen-bond acceptors (Lipinski definition) is 3. The van der Waals surface area contributed by atoms with Crippen LogP contribution in [0.5, 0.6) is 0 Å². The number of rotatable bonds is 3. The molecule has 0 aliphatic carbocycles. The van der Waals surface area contributed by atoms with Crippen molar-refractivity contribution in [1.82, 2.24) is 5.32 Å². The van der Waals surface area contributed by atoms with Gasteiger partial charge >= 0.3 is 5.63 Å². The summed E-state index contributed by atoms with van der Waals surface area (Å²) < 4.78 is 5.07. The summed E-state index contributed by atoms with van der Waals surface area (Å²) in [6.45, 7) is 5.61. The zero-order chi connectivity index (χ0) is 18.7. The van der Waals surface area contributed by atoms with Gasteiger partial charge < -0.3 is 9.73 Å². The van der Waals surface area contributed by atoms with Gasteiger partial charge in [0.2, 0.25) is 0 Å². The van der Waals surface area contributed by atoms with Crippen LogP contribution in [0.15, 0.2) is 75.9 Å². The van der Waals surface area contributed by atoms with E-state index in [0.29, 0.717) is 5.56 Å². The molecule has 0 bridgehead atoms. The first-order valence-electron chi connectivity index (χ1n) is 8.45. The van der Waals surface area contributed by atoms with E-state index in [2.05, 4.69) is 5.32 Å². The molecule has 1 N–H and O–H groups in total. The van der Waals surface area contributed by atoms with Crippen LogP contribution in [-0.2, 0) is 0 Å². The molecule has 0 saturated heterocycles. The Morgan fingerprint density at radius 2 is 1.35 bits per heavy atom. The van der Waals surface area contributed by atoms with Crippen molar-refractivity contribution in [3.8, 4) is 22.3 Å². The van der Waals surface area contributed by atoms with Crippen molar-refractivity contribution in [3.63, 3.8) is 0 Å². The summed E-state index contributed by atoms with van der Waals surface area (Å²) >= 11 is 0. The van der Waals surface area contributed by atoms with E-state index in [1.54, 1.807) is 6.07 Å². The lowest BCUT2D eigenvalue weighted by atomic mass is 10.0. The molecule has 0 unspecified atom stereocenters.